The van der Waals surface area contributed by atoms with Gasteiger partial charge < -0.3 is 97.8 Å². The Morgan fingerprint density at radius 2 is 1.07 bits per heavy atom. The molecular weight excluding hydrogens is 989 g/mol. The van der Waals surface area contributed by atoms with E-state index < -0.39 is 154 Å². The number of hydrogen-bond donors (Lipinski definition) is 8. The van der Waals surface area contributed by atoms with Crippen molar-refractivity contribution in [3.05, 3.63) is 0 Å². The lowest BCUT2D eigenvalue weighted by Gasteiger charge is -2.50. The van der Waals surface area contributed by atoms with Gasteiger partial charge >= 0.3 is 11.9 Å². The van der Waals surface area contributed by atoms with Gasteiger partial charge in [0, 0.05) is 26.4 Å². The molecular formula is C53H94O22. The fourth-order valence-corrected chi connectivity index (χ4v) is 9.86. The number of ether oxygens (including phenoxy) is 11. The number of esters is 2. The van der Waals surface area contributed by atoms with Crippen LogP contribution in [0.5, 0.6) is 0 Å². The van der Waals surface area contributed by atoms with Gasteiger partial charge in [-0.15, -0.1) is 0 Å². The molecule has 4 aliphatic rings. The van der Waals surface area contributed by atoms with Crippen molar-refractivity contribution in [2.75, 3.05) is 19.8 Å². The van der Waals surface area contributed by atoms with E-state index in [1.54, 1.807) is 13.8 Å². The van der Waals surface area contributed by atoms with Crippen LogP contribution in [0.25, 0.3) is 0 Å². The number of hydrogen-bond acceptors (Lipinski definition) is 22. The molecule has 0 aromatic rings. The zero-order valence-corrected chi connectivity index (χ0v) is 45.5. The van der Waals surface area contributed by atoms with Crippen molar-refractivity contribution in [3.63, 3.8) is 0 Å². The van der Waals surface area contributed by atoms with Gasteiger partial charge in [0.15, 0.2) is 43.5 Å². The fourth-order valence-electron chi connectivity index (χ4n) is 9.86. The molecule has 4 heterocycles. The molecule has 21 atom stereocenters. The molecule has 0 spiro atoms. The van der Waals surface area contributed by atoms with E-state index in [1.165, 1.54) is 13.8 Å². The maximum atomic E-state index is 13.7. The summed E-state index contributed by atoms with van der Waals surface area (Å²) in [4.78, 5) is 38.2. The maximum absolute atomic E-state index is 13.7. The Hall–Kier alpha value is -2.07. The third-order valence-electron chi connectivity index (χ3n) is 14.4. The average Bonchev–Trinajstić information content (AvgIpc) is 3.37. The lowest BCUT2D eigenvalue weighted by atomic mass is 9.95. The molecule has 438 valence electrons. The Labute approximate surface area is 443 Å². The predicted octanol–water partition coefficient (Wildman–Crippen LogP) is 2.91. The molecule has 0 saturated carbocycles. The van der Waals surface area contributed by atoms with Gasteiger partial charge in [-0.05, 0) is 52.9 Å². The van der Waals surface area contributed by atoms with Crippen LogP contribution in [0.2, 0.25) is 0 Å². The molecule has 75 heavy (non-hydrogen) atoms. The summed E-state index contributed by atoms with van der Waals surface area (Å²) in [5, 5.41) is 88.7. The first kappa shape index (κ1) is 65.4. The van der Waals surface area contributed by atoms with Crippen molar-refractivity contribution in [3.8, 4) is 0 Å². The van der Waals surface area contributed by atoms with E-state index in [2.05, 4.69) is 6.92 Å². The molecule has 0 bridgehead atoms. The standard InChI is InChI=1S/C53H94O22/c1-8-11-13-14-15-18-21-25-34(26-22-19-16-17-20-24-30(4)55)70-52-47(42(62)40(60)35(28-54)71-52)74-53-49(75-51-44(64)46(65-27-12-9-2)39(59)32(6)68-51)48(73-37(57)23-10-3)45(69-33(7)56)36(72-53)29-66-50-43(63)41(61)38(58)31(5)67-50/h31-32,34-36,38-54,58-64H,8-29H2,1-7H3/t31-,32+,34?,35-,36-,38+,39+,40-,41+,42+,43+,44+,45-,46-,47-,48+,49-,50-,51+,52-,53+/m1/s1. The van der Waals surface area contributed by atoms with Gasteiger partial charge in [0.05, 0.1) is 31.5 Å². The van der Waals surface area contributed by atoms with E-state index in [-0.39, 0.29) is 18.8 Å². The summed E-state index contributed by atoms with van der Waals surface area (Å²) in [5.74, 6) is -1.50. The smallest absolute Gasteiger partial charge is 0.306 e. The summed E-state index contributed by atoms with van der Waals surface area (Å²) < 4.78 is 68.3. The summed E-state index contributed by atoms with van der Waals surface area (Å²) in [7, 11) is 0. The summed E-state index contributed by atoms with van der Waals surface area (Å²) in [5.41, 5.74) is 0. The van der Waals surface area contributed by atoms with Crippen LogP contribution in [0, 0.1) is 0 Å². The summed E-state index contributed by atoms with van der Waals surface area (Å²) in [6.07, 6.45) is -16.5. The lowest BCUT2D eigenvalue weighted by Crippen LogP contribution is -2.68. The zero-order valence-electron chi connectivity index (χ0n) is 45.5. The van der Waals surface area contributed by atoms with Gasteiger partial charge in [-0.2, -0.15) is 0 Å². The second-order valence-corrected chi connectivity index (χ2v) is 20.8. The van der Waals surface area contributed by atoms with Crippen LogP contribution in [0.4, 0.5) is 0 Å². The number of ketones is 1. The maximum Gasteiger partial charge on any atom is 0.306 e. The van der Waals surface area contributed by atoms with Crippen LogP contribution in [0.15, 0.2) is 0 Å². The highest BCUT2D eigenvalue weighted by molar-refractivity contribution is 5.75. The third kappa shape index (κ3) is 20.2. The topological polar surface area (TPSA) is 315 Å². The van der Waals surface area contributed by atoms with Gasteiger partial charge in [-0.3, -0.25) is 9.59 Å². The van der Waals surface area contributed by atoms with E-state index in [9.17, 15) is 55.2 Å². The van der Waals surface area contributed by atoms with Crippen LogP contribution in [0.1, 0.15) is 170 Å². The molecule has 0 aromatic heterocycles. The van der Waals surface area contributed by atoms with Gasteiger partial charge in [0.2, 0.25) is 0 Å². The molecule has 22 nitrogen and oxygen atoms in total. The highest BCUT2D eigenvalue weighted by atomic mass is 16.8. The summed E-state index contributed by atoms with van der Waals surface area (Å²) in [6, 6.07) is 0. The first-order valence-corrected chi connectivity index (χ1v) is 27.9. The molecule has 0 aliphatic carbocycles. The Balaban J connectivity index is 1.78. The number of aliphatic hydroxyl groups excluding tert-OH is 8. The van der Waals surface area contributed by atoms with Crippen molar-refractivity contribution in [1.82, 2.24) is 0 Å². The molecule has 0 aromatic carbocycles. The molecule has 4 saturated heterocycles. The Bertz CT molecular complexity index is 1610. The Morgan fingerprint density at radius 1 is 0.480 bits per heavy atom. The minimum Gasteiger partial charge on any atom is -0.456 e. The van der Waals surface area contributed by atoms with Gasteiger partial charge in [-0.25, -0.2) is 0 Å². The van der Waals surface area contributed by atoms with Crippen molar-refractivity contribution in [2.24, 2.45) is 0 Å². The fraction of sp³-hybridized carbons (Fsp3) is 0.943. The molecule has 0 radical (unpaired) electrons. The number of rotatable bonds is 34. The second kappa shape index (κ2) is 34.2. The van der Waals surface area contributed by atoms with E-state index >= 15 is 0 Å². The molecule has 4 aliphatic heterocycles. The molecule has 4 rings (SSSR count). The van der Waals surface area contributed by atoms with Gasteiger partial charge in [-0.1, -0.05) is 97.8 Å². The van der Waals surface area contributed by atoms with Crippen molar-refractivity contribution >= 4 is 17.7 Å². The monoisotopic (exact) mass is 1080 g/mol. The summed E-state index contributed by atoms with van der Waals surface area (Å²) in [6.45, 7) is 10.3. The Morgan fingerprint density at radius 3 is 1.68 bits per heavy atom. The number of carbonyl (C=O) groups is 3. The van der Waals surface area contributed by atoms with Crippen molar-refractivity contribution in [2.45, 2.75) is 299 Å². The number of aliphatic hydroxyl groups is 8. The normalized spacial score (nSPS) is 36.7. The van der Waals surface area contributed by atoms with Crippen LogP contribution < -0.4 is 0 Å². The lowest BCUT2D eigenvalue weighted by molar-refractivity contribution is -0.398. The number of Topliss-reactive ketones (excluding diaryl/α,β-unsaturated/α-hetero) is 1. The van der Waals surface area contributed by atoms with Gasteiger partial charge in [0.1, 0.15) is 72.9 Å². The first-order valence-electron chi connectivity index (χ1n) is 27.9. The molecule has 4 fully saturated rings. The van der Waals surface area contributed by atoms with Crippen LogP contribution in [0.3, 0.4) is 0 Å². The molecule has 8 N–H and O–H groups in total. The predicted molar refractivity (Wildman–Crippen MR) is 266 cm³/mol. The van der Waals surface area contributed by atoms with Crippen molar-refractivity contribution < 1.29 is 107 Å². The first-order chi connectivity index (χ1) is 35.9. The quantitative estimate of drug-likeness (QED) is 0.0339. The number of unbranched alkanes of at least 4 members (excludes halogenated alkanes) is 11. The van der Waals surface area contributed by atoms with Crippen molar-refractivity contribution in [1.29, 1.82) is 0 Å². The van der Waals surface area contributed by atoms with E-state index in [1.807, 2.05) is 6.92 Å². The van der Waals surface area contributed by atoms with Crippen LogP contribution in [-0.2, 0) is 66.5 Å². The third-order valence-corrected chi connectivity index (χ3v) is 14.4. The summed E-state index contributed by atoms with van der Waals surface area (Å²) >= 11 is 0. The largest absolute Gasteiger partial charge is 0.456 e. The highest BCUT2D eigenvalue weighted by Gasteiger charge is 2.58. The van der Waals surface area contributed by atoms with E-state index in [4.69, 9.17) is 52.1 Å². The highest BCUT2D eigenvalue weighted by Crippen LogP contribution is 2.37. The molecule has 1 unspecified atom stereocenters. The second-order valence-electron chi connectivity index (χ2n) is 20.8. The Kier molecular flexibility index (Phi) is 29.8. The minimum absolute atomic E-state index is 0.124. The number of carbonyl (C=O) groups excluding carboxylic acids is 3. The molecule has 0 amide bonds. The van der Waals surface area contributed by atoms with Gasteiger partial charge in [0.25, 0.3) is 0 Å². The van der Waals surface area contributed by atoms with E-state index in [0.29, 0.717) is 32.1 Å². The van der Waals surface area contributed by atoms with E-state index in [0.717, 1.165) is 90.4 Å². The molecule has 22 heteroatoms. The zero-order chi connectivity index (χ0) is 55.2. The van der Waals surface area contributed by atoms with Crippen LogP contribution >= 0.6 is 0 Å². The SMILES string of the molecule is CCCCCCCCCC(CCCCCCCC(C)=O)O[C@@H]1O[C@H](CO)[C@@H](O)[C@H](O)[C@H]1O[C@@H]1O[C@H](CO[C@@H]2O[C@H](C)[C@H](O)[C@H](O)[C@@H]2O)[C@@H](OC(C)=O)[C@H](OC(=O)CCC)[C@H]1O[C@@H]1O[C@@H](C)[C@H](O)[C@@H](OCCCC)[C@@H]1O. The average molecular weight is 1080 g/mol. The minimum atomic E-state index is -1.85. The van der Waals surface area contributed by atoms with Crippen LogP contribution in [-0.4, -0.2) is 207 Å².